The third kappa shape index (κ3) is 3.30. The van der Waals surface area contributed by atoms with E-state index >= 15 is 0 Å². The first-order valence-electron chi connectivity index (χ1n) is 7.36. The van der Waals surface area contributed by atoms with Gasteiger partial charge in [0.2, 0.25) is 0 Å². The number of hydrogen-bond donors (Lipinski definition) is 2. The number of nitrogens with one attached hydrogen (secondary N) is 2. The molecule has 1 aromatic heterocycles. The molecule has 1 aliphatic carbocycles. The maximum absolute atomic E-state index is 12.3. The van der Waals surface area contributed by atoms with Gasteiger partial charge in [0.15, 0.2) is 0 Å². The van der Waals surface area contributed by atoms with Crippen molar-refractivity contribution in [2.24, 2.45) is 5.92 Å². The number of carbonyl (C=O) groups is 1. The van der Waals surface area contributed by atoms with E-state index in [0.717, 1.165) is 24.4 Å². The van der Waals surface area contributed by atoms with Crippen molar-refractivity contribution in [3.8, 4) is 0 Å². The highest BCUT2D eigenvalue weighted by Gasteiger charge is 2.36. The van der Waals surface area contributed by atoms with Gasteiger partial charge in [-0.15, -0.1) is 0 Å². The Morgan fingerprint density at radius 1 is 1.40 bits per heavy atom. The van der Waals surface area contributed by atoms with E-state index in [1.165, 1.54) is 0 Å². The summed E-state index contributed by atoms with van der Waals surface area (Å²) in [4.78, 5) is 16.9. The van der Waals surface area contributed by atoms with Crippen molar-refractivity contribution < 1.29 is 4.79 Å². The number of amides is 1. The van der Waals surface area contributed by atoms with Crippen molar-refractivity contribution in [1.29, 1.82) is 0 Å². The zero-order valence-corrected chi connectivity index (χ0v) is 13.1. The number of pyridine rings is 1. The number of nitrogens with zero attached hydrogens (tertiary/aromatic N) is 1. The standard InChI is InChI=1S/C16H25N3O/c1-6-10-7-12(10)18-15(20)11-8-13(16(2,3)4)19-14(9-11)17-5/h8-10,12H,6-7H2,1-5H3,(H,17,19)(H,18,20). The highest BCUT2D eigenvalue weighted by atomic mass is 16.1. The molecule has 0 aliphatic heterocycles. The fourth-order valence-electron chi connectivity index (χ4n) is 2.30. The minimum absolute atomic E-state index is 0.00958. The SMILES string of the molecule is CCC1CC1NC(=O)c1cc(NC)nc(C(C)(C)C)c1. The Kier molecular flexibility index (Phi) is 4.02. The van der Waals surface area contributed by atoms with Gasteiger partial charge in [-0.1, -0.05) is 34.1 Å². The summed E-state index contributed by atoms with van der Waals surface area (Å²) in [6, 6.07) is 4.07. The first-order chi connectivity index (χ1) is 9.35. The highest BCUT2D eigenvalue weighted by molar-refractivity contribution is 5.95. The van der Waals surface area contributed by atoms with Crippen molar-refractivity contribution >= 4 is 11.7 Å². The monoisotopic (exact) mass is 275 g/mol. The minimum Gasteiger partial charge on any atom is -0.373 e. The predicted octanol–water partition coefficient (Wildman–Crippen LogP) is 2.95. The first-order valence-corrected chi connectivity index (χ1v) is 7.36. The van der Waals surface area contributed by atoms with Crippen LogP contribution in [0.4, 0.5) is 5.82 Å². The minimum atomic E-state index is -0.0760. The van der Waals surface area contributed by atoms with Crippen LogP contribution in [0.15, 0.2) is 12.1 Å². The zero-order chi connectivity index (χ0) is 14.9. The molecule has 0 aromatic carbocycles. The fraction of sp³-hybridized carbons (Fsp3) is 0.625. The van der Waals surface area contributed by atoms with Crippen LogP contribution in [0.5, 0.6) is 0 Å². The molecule has 1 aromatic rings. The quantitative estimate of drug-likeness (QED) is 0.888. The maximum atomic E-state index is 12.3. The van der Waals surface area contributed by atoms with E-state index in [2.05, 4.69) is 43.3 Å². The summed E-state index contributed by atoms with van der Waals surface area (Å²) < 4.78 is 0. The van der Waals surface area contributed by atoms with Gasteiger partial charge in [0, 0.05) is 29.8 Å². The molecule has 1 saturated carbocycles. The molecule has 4 heteroatoms. The summed E-state index contributed by atoms with van der Waals surface area (Å²) >= 11 is 0. The van der Waals surface area contributed by atoms with E-state index < -0.39 is 0 Å². The second-order valence-electron chi connectivity index (χ2n) is 6.61. The molecule has 2 unspecified atom stereocenters. The molecule has 0 bridgehead atoms. The number of anilines is 1. The smallest absolute Gasteiger partial charge is 0.251 e. The van der Waals surface area contributed by atoms with Gasteiger partial charge >= 0.3 is 0 Å². The average Bonchev–Trinajstić information content (AvgIpc) is 3.15. The summed E-state index contributed by atoms with van der Waals surface area (Å²) in [6.45, 7) is 8.47. The second kappa shape index (κ2) is 5.43. The maximum Gasteiger partial charge on any atom is 0.251 e. The van der Waals surface area contributed by atoms with Crippen molar-refractivity contribution in [2.45, 2.75) is 52.0 Å². The molecule has 0 radical (unpaired) electrons. The topological polar surface area (TPSA) is 54.0 Å². The highest BCUT2D eigenvalue weighted by Crippen LogP contribution is 2.33. The molecule has 2 atom stereocenters. The van der Waals surface area contributed by atoms with Crippen LogP contribution >= 0.6 is 0 Å². The lowest BCUT2D eigenvalue weighted by molar-refractivity contribution is 0.0948. The molecular formula is C16H25N3O. The lowest BCUT2D eigenvalue weighted by atomic mass is 9.90. The van der Waals surface area contributed by atoms with Crippen LogP contribution < -0.4 is 10.6 Å². The summed E-state index contributed by atoms with van der Waals surface area (Å²) in [5, 5.41) is 6.14. The third-order valence-electron chi connectivity index (χ3n) is 3.88. The first kappa shape index (κ1) is 14.8. The Bertz CT molecular complexity index is 505. The summed E-state index contributed by atoms with van der Waals surface area (Å²) in [6.07, 6.45) is 2.24. The van der Waals surface area contributed by atoms with Crippen LogP contribution in [0.2, 0.25) is 0 Å². The Labute approximate surface area is 121 Å². The molecule has 2 rings (SSSR count). The van der Waals surface area contributed by atoms with E-state index in [1.54, 1.807) is 0 Å². The van der Waals surface area contributed by atoms with E-state index in [1.807, 2.05) is 19.2 Å². The van der Waals surface area contributed by atoms with E-state index in [9.17, 15) is 4.79 Å². The van der Waals surface area contributed by atoms with Crippen LogP contribution in [0.1, 0.15) is 56.6 Å². The Hall–Kier alpha value is -1.58. The van der Waals surface area contributed by atoms with E-state index in [4.69, 9.17) is 0 Å². The van der Waals surface area contributed by atoms with Crippen LogP contribution in [-0.2, 0) is 5.41 Å². The van der Waals surface area contributed by atoms with Crippen molar-refractivity contribution in [3.05, 3.63) is 23.4 Å². The van der Waals surface area contributed by atoms with E-state index in [-0.39, 0.29) is 11.3 Å². The Balaban J connectivity index is 2.20. The third-order valence-corrected chi connectivity index (χ3v) is 3.88. The number of aromatic nitrogens is 1. The molecule has 1 heterocycles. The molecule has 1 amide bonds. The molecule has 110 valence electrons. The van der Waals surface area contributed by atoms with Gasteiger partial charge in [-0.3, -0.25) is 4.79 Å². The Morgan fingerprint density at radius 3 is 2.60 bits per heavy atom. The van der Waals surface area contributed by atoms with Crippen LogP contribution in [0.25, 0.3) is 0 Å². The molecule has 1 fully saturated rings. The molecule has 0 spiro atoms. The summed E-state index contributed by atoms with van der Waals surface area (Å²) in [5.41, 5.74) is 1.54. The predicted molar refractivity (Wildman–Crippen MR) is 82.1 cm³/mol. The average molecular weight is 275 g/mol. The van der Waals surface area contributed by atoms with Gasteiger partial charge in [-0.25, -0.2) is 4.98 Å². The van der Waals surface area contributed by atoms with Crippen LogP contribution in [-0.4, -0.2) is 24.0 Å². The van der Waals surface area contributed by atoms with Crippen LogP contribution in [0, 0.1) is 5.92 Å². The van der Waals surface area contributed by atoms with Gasteiger partial charge < -0.3 is 10.6 Å². The number of carbonyl (C=O) groups excluding carboxylic acids is 1. The number of hydrogen-bond acceptors (Lipinski definition) is 3. The Morgan fingerprint density at radius 2 is 2.10 bits per heavy atom. The van der Waals surface area contributed by atoms with Crippen molar-refractivity contribution in [1.82, 2.24) is 10.3 Å². The lowest BCUT2D eigenvalue weighted by Gasteiger charge is -2.19. The fourth-order valence-corrected chi connectivity index (χ4v) is 2.30. The molecule has 0 saturated heterocycles. The van der Waals surface area contributed by atoms with Crippen molar-refractivity contribution in [3.63, 3.8) is 0 Å². The van der Waals surface area contributed by atoms with Gasteiger partial charge in [0.25, 0.3) is 5.91 Å². The second-order valence-corrected chi connectivity index (χ2v) is 6.61. The molecular weight excluding hydrogens is 250 g/mol. The normalized spacial score (nSPS) is 21.4. The zero-order valence-electron chi connectivity index (χ0n) is 13.1. The number of rotatable bonds is 4. The summed E-state index contributed by atoms with van der Waals surface area (Å²) in [7, 11) is 1.82. The molecule has 1 aliphatic rings. The van der Waals surface area contributed by atoms with Gasteiger partial charge in [-0.05, 0) is 24.5 Å². The summed E-state index contributed by atoms with van der Waals surface area (Å²) in [5.74, 6) is 1.41. The van der Waals surface area contributed by atoms with E-state index in [0.29, 0.717) is 17.5 Å². The molecule has 2 N–H and O–H groups in total. The van der Waals surface area contributed by atoms with Crippen molar-refractivity contribution in [2.75, 3.05) is 12.4 Å². The van der Waals surface area contributed by atoms with Gasteiger partial charge in [-0.2, -0.15) is 0 Å². The molecule has 20 heavy (non-hydrogen) atoms. The lowest BCUT2D eigenvalue weighted by Crippen LogP contribution is -2.27. The molecule has 4 nitrogen and oxygen atoms in total. The van der Waals surface area contributed by atoms with Crippen LogP contribution in [0.3, 0.4) is 0 Å². The van der Waals surface area contributed by atoms with Gasteiger partial charge in [0.05, 0.1) is 0 Å². The largest absolute Gasteiger partial charge is 0.373 e. The van der Waals surface area contributed by atoms with Gasteiger partial charge in [0.1, 0.15) is 5.82 Å².